The summed E-state index contributed by atoms with van der Waals surface area (Å²) in [5, 5.41) is 13.5. The van der Waals surface area contributed by atoms with Crippen molar-refractivity contribution in [3.8, 4) is 0 Å². The van der Waals surface area contributed by atoms with Gasteiger partial charge in [0.2, 0.25) is 5.91 Å². The number of aliphatic hydroxyl groups excluding tert-OH is 1. The Bertz CT molecular complexity index is 1110. The van der Waals surface area contributed by atoms with Crippen LogP contribution in [-0.2, 0) is 18.4 Å². The first-order valence-electron chi connectivity index (χ1n) is 21.3. The fraction of sp³-hybridized carbons (Fsp3) is 0.711. The Morgan fingerprint density at radius 3 is 1.65 bits per heavy atom. The third-order valence-electron chi connectivity index (χ3n) is 8.92. The Balaban J connectivity index is 4.05. The number of hydrogen-bond donors (Lipinski definition) is 2. The molecule has 54 heavy (non-hydrogen) atoms. The number of amides is 1. The number of nitrogens with one attached hydrogen (secondary N) is 1. The van der Waals surface area contributed by atoms with Crippen molar-refractivity contribution >= 4 is 13.7 Å². The molecule has 0 radical (unpaired) electrons. The van der Waals surface area contributed by atoms with Gasteiger partial charge in [0.05, 0.1) is 39.9 Å². The third-order valence-corrected chi connectivity index (χ3v) is 9.89. The summed E-state index contributed by atoms with van der Waals surface area (Å²) >= 11 is 0. The van der Waals surface area contributed by atoms with E-state index < -0.39 is 20.0 Å². The Morgan fingerprint density at radius 1 is 0.667 bits per heavy atom. The second kappa shape index (κ2) is 36.6. The Labute approximate surface area is 332 Å². The number of aliphatic hydroxyl groups is 1. The van der Waals surface area contributed by atoms with E-state index in [1.165, 1.54) is 57.8 Å². The fourth-order valence-electron chi connectivity index (χ4n) is 5.53. The lowest BCUT2D eigenvalue weighted by molar-refractivity contribution is -0.870. The lowest BCUT2D eigenvalue weighted by atomic mass is 10.0. The van der Waals surface area contributed by atoms with Gasteiger partial charge in [-0.25, -0.2) is 0 Å². The molecule has 0 fully saturated rings. The topological polar surface area (TPSA) is 108 Å². The molecule has 0 saturated carbocycles. The van der Waals surface area contributed by atoms with Gasteiger partial charge in [0.15, 0.2) is 0 Å². The van der Waals surface area contributed by atoms with Crippen molar-refractivity contribution in [2.75, 3.05) is 40.9 Å². The summed E-state index contributed by atoms with van der Waals surface area (Å²) in [6.07, 6.45) is 48.6. The smallest absolute Gasteiger partial charge is 0.268 e. The first kappa shape index (κ1) is 51.9. The number of unbranched alkanes of at least 4 members (excludes halogenated alkanes) is 14. The second-order valence-corrected chi connectivity index (χ2v) is 16.7. The van der Waals surface area contributed by atoms with E-state index in [2.05, 4.69) is 79.9 Å². The van der Waals surface area contributed by atoms with Crippen molar-refractivity contribution in [3.05, 3.63) is 72.9 Å². The zero-order valence-electron chi connectivity index (χ0n) is 35.1. The van der Waals surface area contributed by atoms with Gasteiger partial charge in [-0.2, -0.15) is 0 Å². The molecule has 0 rings (SSSR count). The van der Waals surface area contributed by atoms with Crippen LogP contribution in [0.4, 0.5) is 0 Å². The SMILES string of the molecule is CC/C=C\C/C=C\C/C=C\C/C=C\C/C=C\CCCCCCCCCCCCCC(=O)NC(COP(=O)([O-])OCC[N+](C)(C)C)C(O)/C=C/CCCCC. The van der Waals surface area contributed by atoms with Gasteiger partial charge in [-0.15, -0.1) is 0 Å². The molecule has 0 aliphatic carbocycles. The highest BCUT2D eigenvalue weighted by Crippen LogP contribution is 2.38. The normalized spacial score (nSPS) is 15.2. The van der Waals surface area contributed by atoms with Gasteiger partial charge in [0, 0.05) is 6.42 Å². The summed E-state index contributed by atoms with van der Waals surface area (Å²) in [7, 11) is 1.24. The second-order valence-electron chi connectivity index (χ2n) is 15.3. The quantitative estimate of drug-likeness (QED) is 0.0281. The Hall–Kier alpha value is -2.06. The average Bonchev–Trinajstić information content (AvgIpc) is 3.12. The van der Waals surface area contributed by atoms with Crippen LogP contribution in [0.15, 0.2) is 72.9 Å². The van der Waals surface area contributed by atoms with E-state index in [-0.39, 0.29) is 19.1 Å². The first-order valence-corrected chi connectivity index (χ1v) is 22.8. The molecule has 3 atom stereocenters. The largest absolute Gasteiger partial charge is 0.756 e. The number of likely N-dealkylation sites (N-methyl/N-ethyl adjacent to an activating group) is 1. The average molecular weight is 777 g/mol. The minimum Gasteiger partial charge on any atom is -0.756 e. The summed E-state index contributed by atoms with van der Waals surface area (Å²) in [5.74, 6) is -0.213. The monoisotopic (exact) mass is 777 g/mol. The molecule has 0 heterocycles. The van der Waals surface area contributed by atoms with Crippen LogP contribution in [0.5, 0.6) is 0 Å². The van der Waals surface area contributed by atoms with Gasteiger partial charge in [0.25, 0.3) is 7.82 Å². The number of quaternary nitrogens is 1. The van der Waals surface area contributed by atoms with E-state index in [9.17, 15) is 19.4 Å². The number of nitrogens with zero attached hydrogens (tertiary/aromatic N) is 1. The lowest BCUT2D eigenvalue weighted by Gasteiger charge is -2.29. The summed E-state index contributed by atoms with van der Waals surface area (Å²) in [6, 6.07) is -0.887. The number of carbonyl (C=O) groups is 1. The number of phosphoric ester groups is 1. The molecule has 0 bridgehead atoms. The number of phosphoric acid groups is 1. The van der Waals surface area contributed by atoms with Crippen molar-refractivity contribution in [2.24, 2.45) is 0 Å². The lowest BCUT2D eigenvalue weighted by Crippen LogP contribution is -2.45. The maximum atomic E-state index is 12.7. The molecule has 0 aromatic heterocycles. The van der Waals surface area contributed by atoms with Gasteiger partial charge < -0.3 is 28.8 Å². The van der Waals surface area contributed by atoms with Crippen molar-refractivity contribution in [1.29, 1.82) is 0 Å². The third kappa shape index (κ3) is 38.2. The van der Waals surface area contributed by atoms with Crippen LogP contribution in [-0.4, -0.2) is 68.5 Å². The molecule has 0 spiro atoms. The summed E-state index contributed by atoms with van der Waals surface area (Å²) in [5.41, 5.74) is 0. The summed E-state index contributed by atoms with van der Waals surface area (Å²) in [4.78, 5) is 25.1. The molecule has 0 aliphatic rings. The first-order chi connectivity index (χ1) is 26.0. The molecule has 3 unspecified atom stereocenters. The van der Waals surface area contributed by atoms with E-state index in [0.29, 0.717) is 17.4 Å². The van der Waals surface area contributed by atoms with Crippen LogP contribution in [0.25, 0.3) is 0 Å². The summed E-state index contributed by atoms with van der Waals surface area (Å²) in [6.45, 7) is 4.39. The van der Waals surface area contributed by atoms with Gasteiger partial charge in [0.1, 0.15) is 13.2 Å². The zero-order valence-corrected chi connectivity index (χ0v) is 36.0. The van der Waals surface area contributed by atoms with Crippen LogP contribution in [0.3, 0.4) is 0 Å². The molecular formula is C45H81N2O6P. The highest BCUT2D eigenvalue weighted by Gasteiger charge is 2.23. The van der Waals surface area contributed by atoms with E-state index in [1.807, 2.05) is 27.2 Å². The number of rotatable bonds is 37. The highest BCUT2D eigenvalue weighted by molar-refractivity contribution is 7.45. The predicted molar refractivity (Wildman–Crippen MR) is 228 cm³/mol. The molecule has 2 N–H and O–H groups in total. The fourth-order valence-corrected chi connectivity index (χ4v) is 6.25. The van der Waals surface area contributed by atoms with Crippen LogP contribution in [0.1, 0.15) is 155 Å². The maximum Gasteiger partial charge on any atom is 0.268 e. The van der Waals surface area contributed by atoms with Gasteiger partial charge in [-0.1, -0.05) is 157 Å². The van der Waals surface area contributed by atoms with Gasteiger partial charge in [-0.3, -0.25) is 9.36 Å². The van der Waals surface area contributed by atoms with Crippen molar-refractivity contribution < 1.29 is 32.9 Å². The minimum absolute atomic E-state index is 0.00579. The molecule has 0 aromatic carbocycles. The predicted octanol–water partition coefficient (Wildman–Crippen LogP) is 11.0. The van der Waals surface area contributed by atoms with Crippen molar-refractivity contribution in [3.63, 3.8) is 0 Å². The molecule has 0 aliphatic heterocycles. The minimum atomic E-state index is -4.57. The standard InChI is InChI=1S/C45H81N2O6P/c1-6-8-10-12-13-14-15-16-17-18-19-20-21-22-23-24-25-26-27-28-29-30-31-32-33-35-37-39-45(49)46-43(44(48)38-36-34-11-9-7-2)42-53-54(50,51)52-41-40-47(3,4)5/h8,10,13-14,16-17,19-20,22-23,36,38,43-44,48H,6-7,9,11-12,15,18,21,24-35,37,39-42H2,1-5H3,(H-,46,49,50,51)/b10-8-,14-13-,17-16-,20-19-,23-22-,38-36+. The van der Waals surface area contributed by atoms with Crippen LogP contribution in [0, 0.1) is 0 Å². The van der Waals surface area contributed by atoms with E-state index in [4.69, 9.17) is 9.05 Å². The van der Waals surface area contributed by atoms with E-state index in [1.54, 1.807) is 6.08 Å². The molecule has 0 aromatic rings. The molecule has 312 valence electrons. The van der Waals surface area contributed by atoms with Crippen LogP contribution in [0.2, 0.25) is 0 Å². The van der Waals surface area contributed by atoms with Crippen molar-refractivity contribution in [2.45, 2.75) is 167 Å². The molecular weight excluding hydrogens is 695 g/mol. The van der Waals surface area contributed by atoms with Crippen LogP contribution >= 0.6 is 7.82 Å². The van der Waals surface area contributed by atoms with E-state index >= 15 is 0 Å². The molecule has 0 saturated heterocycles. The van der Waals surface area contributed by atoms with Gasteiger partial charge >= 0.3 is 0 Å². The number of carbonyl (C=O) groups excluding carboxylic acids is 1. The Morgan fingerprint density at radius 2 is 1.13 bits per heavy atom. The summed E-state index contributed by atoms with van der Waals surface area (Å²) < 4.78 is 23.0. The van der Waals surface area contributed by atoms with Crippen LogP contribution < -0.4 is 10.2 Å². The van der Waals surface area contributed by atoms with Gasteiger partial charge in [-0.05, 0) is 64.2 Å². The highest BCUT2D eigenvalue weighted by atomic mass is 31.2. The maximum absolute atomic E-state index is 12.7. The zero-order chi connectivity index (χ0) is 40.0. The van der Waals surface area contributed by atoms with Crippen molar-refractivity contribution in [1.82, 2.24) is 5.32 Å². The Kier molecular flexibility index (Phi) is 35.2. The molecule has 1 amide bonds. The number of hydrogen-bond acceptors (Lipinski definition) is 6. The molecule has 8 nitrogen and oxygen atoms in total. The van der Waals surface area contributed by atoms with E-state index in [0.717, 1.165) is 77.0 Å². The number of allylic oxidation sites excluding steroid dienone is 11. The molecule has 9 heteroatoms.